The first-order chi connectivity index (χ1) is 10.2. The Labute approximate surface area is 126 Å². The Hall–Kier alpha value is -1.13. The Morgan fingerprint density at radius 2 is 1.81 bits per heavy atom. The molecule has 3 nitrogen and oxygen atoms in total. The van der Waals surface area contributed by atoms with Gasteiger partial charge in [-0.1, -0.05) is 25.0 Å². The molecule has 0 spiro atoms. The van der Waals surface area contributed by atoms with Crippen molar-refractivity contribution in [1.29, 1.82) is 0 Å². The van der Waals surface area contributed by atoms with Crippen molar-refractivity contribution in [3.8, 4) is 0 Å². The summed E-state index contributed by atoms with van der Waals surface area (Å²) in [6.07, 6.45) is 5.41. The van der Waals surface area contributed by atoms with Crippen molar-refractivity contribution < 1.29 is 4.39 Å². The Morgan fingerprint density at radius 3 is 2.43 bits per heavy atom. The van der Waals surface area contributed by atoms with Crippen LogP contribution in [0.15, 0.2) is 18.2 Å². The van der Waals surface area contributed by atoms with E-state index in [0.29, 0.717) is 0 Å². The van der Waals surface area contributed by atoms with Crippen LogP contribution < -0.4 is 10.6 Å². The third-order valence-corrected chi connectivity index (χ3v) is 4.98. The molecule has 1 aromatic carbocycles. The molecule has 1 aromatic rings. The summed E-state index contributed by atoms with van der Waals surface area (Å²) < 4.78 is 14.3. The monoisotopic (exact) mass is 291 g/mol. The molecular weight excluding hydrogens is 265 g/mol. The van der Waals surface area contributed by atoms with Crippen LogP contribution in [0.2, 0.25) is 0 Å². The largest absolute Gasteiger partial charge is 0.366 e. The minimum Gasteiger partial charge on any atom is -0.366 e. The highest BCUT2D eigenvalue weighted by atomic mass is 19.1. The van der Waals surface area contributed by atoms with Gasteiger partial charge < -0.3 is 10.6 Å². The first kappa shape index (κ1) is 14.8. The number of nitrogens with two attached hydrogens (primary N) is 1. The predicted octanol–water partition coefficient (Wildman–Crippen LogP) is 2.91. The lowest BCUT2D eigenvalue weighted by Crippen LogP contribution is -2.50. The number of halogens is 1. The summed E-state index contributed by atoms with van der Waals surface area (Å²) in [7, 11) is 0. The topological polar surface area (TPSA) is 32.5 Å². The zero-order valence-corrected chi connectivity index (χ0v) is 12.9. The zero-order valence-electron chi connectivity index (χ0n) is 12.9. The average Bonchev–Trinajstić information content (AvgIpc) is 3.01. The Balaban J connectivity index is 1.72. The fourth-order valence-corrected chi connectivity index (χ4v) is 3.81. The van der Waals surface area contributed by atoms with Crippen LogP contribution in [0.5, 0.6) is 0 Å². The van der Waals surface area contributed by atoms with Gasteiger partial charge in [0.05, 0.1) is 5.69 Å². The molecule has 1 saturated heterocycles. The molecule has 0 aromatic heterocycles. The van der Waals surface area contributed by atoms with Crippen molar-refractivity contribution in [2.75, 3.05) is 31.1 Å². The maximum atomic E-state index is 14.3. The van der Waals surface area contributed by atoms with Crippen molar-refractivity contribution in [1.82, 2.24) is 4.90 Å². The highest BCUT2D eigenvalue weighted by Crippen LogP contribution is 2.30. The zero-order chi connectivity index (χ0) is 14.8. The predicted molar refractivity (Wildman–Crippen MR) is 85.0 cm³/mol. The molecule has 3 rings (SSSR count). The quantitative estimate of drug-likeness (QED) is 0.929. The van der Waals surface area contributed by atoms with Crippen molar-refractivity contribution in [3.63, 3.8) is 0 Å². The van der Waals surface area contributed by atoms with Crippen LogP contribution in [0.3, 0.4) is 0 Å². The molecule has 0 radical (unpaired) electrons. The Bertz CT molecular complexity index is 475. The van der Waals surface area contributed by atoms with Crippen LogP contribution in [0.25, 0.3) is 0 Å². The van der Waals surface area contributed by atoms with Crippen molar-refractivity contribution in [2.45, 2.75) is 44.7 Å². The lowest BCUT2D eigenvalue weighted by atomic mass is 10.0. The fraction of sp³-hybridized carbons (Fsp3) is 0.647. The summed E-state index contributed by atoms with van der Waals surface area (Å²) in [5.41, 5.74) is 7.65. The standard InChI is InChI=1S/C17H26FN3/c1-13(19)15-7-4-8-16(18)17(15)21-11-9-20(10-12-21)14-5-2-3-6-14/h4,7-8,13-14H,2-3,5-6,9-12,19H2,1H3. The second-order valence-electron chi connectivity index (χ2n) is 6.43. The molecule has 0 amide bonds. The fourth-order valence-electron chi connectivity index (χ4n) is 3.81. The van der Waals surface area contributed by atoms with Gasteiger partial charge in [0.2, 0.25) is 0 Å². The number of hydrogen-bond acceptors (Lipinski definition) is 3. The van der Waals surface area contributed by atoms with Crippen molar-refractivity contribution >= 4 is 5.69 Å². The highest BCUT2D eigenvalue weighted by molar-refractivity contribution is 5.56. The molecule has 0 bridgehead atoms. The van der Waals surface area contributed by atoms with Crippen LogP contribution in [0.1, 0.15) is 44.2 Å². The summed E-state index contributed by atoms with van der Waals surface area (Å²) >= 11 is 0. The third kappa shape index (κ3) is 3.06. The molecule has 2 N–H and O–H groups in total. The number of rotatable bonds is 3. The summed E-state index contributed by atoms with van der Waals surface area (Å²) in [5, 5.41) is 0. The Morgan fingerprint density at radius 1 is 1.14 bits per heavy atom. The number of piperazine rings is 1. The van der Waals surface area contributed by atoms with Gasteiger partial charge in [0.1, 0.15) is 5.82 Å². The van der Waals surface area contributed by atoms with E-state index in [1.165, 1.54) is 25.7 Å². The van der Waals surface area contributed by atoms with E-state index in [1.807, 2.05) is 13.0 Å². The second-order valence-corrected chi connectivity index (χ2v) is 6.43. The van der Waals surface area contributed by atoms with E-state index in [0.717, 1.165) is 43.5 Å². The molecule has 1 atom stereocenters. The van der Waals surface area contributed by atoms with Crippen LogP contribution >= 0.6 is 0 Å². The normalized spacial score (nSPS) is 22.7. The van der Waals surface area contributed by atoms with Gasteiger partial charge in [0.15, 0.2) is 0 Å². The highest BCUT2D eigenvalue weighted by Gasteiger charge is 2.28. The number of para-hydroxylation sites is 1. The second kappa shape index (κ2) is 6.32. The van der Waals surface area contributed by atoms with Gasteiger partial charge in [-0.25, -0.2) is 4.39 Å². The molecular formula is C17H26FN3. The van der Waals surface area contributed by atoms with Gasteiger partial charge >= 0.3 is 0 Å². The summed E-state index contributed by atoms with van der Waals surface area (Å²) in [4.78, 5) is 4.77. The minimum atomic E-state index is -0.140. The number of anilines is 1. The van der Waals surface area contributed by atoms with Gasteiger partial charge in [0, 0.05) is 38.3 Å². The maximum Gasteiger partial charge on any atom is 0.146 e. The first-order valence-electron chi connectivity index (χ1n) is 8.20. The van der Waals surface area contributed by atoms with Crippen LogP contribution in [-0.4, -0.2) is 37.1 Å². The molecule has 21 heavy (non-hydrogen) atoms. The van der Waals surface area contributed by atoms with Gasteiger partial charge in [-0.15, -0.1) is 0 Å². The van der Waals surface area contributed by atoms with E-state index < -0.39 is 0 Å². The summed E-state index contributed by atoms with van der Waals surface area (Å²) in [5.74, 6) is -0.140. The average molecular weight is 291 g/mol. The Kier molecular flexibility index (Phi) is 4.45. The smallest absolute Gasteiger partial charge is 0.146 e. The first-order valence-corrected chi connectivity index (χ1v) is 8.20. The van der Waals surface area contributed by atoms with E-state index in [4.69, 9.17) is 5.73 Å². The molecule has 1 aliphatic carbocycles. The van der Waals surface area contributed by atoms with Gasteiger partial charge in [0.25, 0.3) is 0 Å². The molecule has 116 valence electrons. The SMILES string of the molecule is CC(N)c1cccc(F)c1N1CCN(C2CCCC2)CC1. The number of hydrogen-bond donors (Lipinski definition) is 1. The number of benzene rings is 1. The molecule has 4 heteroatoms. The van der Waals surface area contributed by atoms with Crippen molar-refractivity contribution in [3.05, 3.63) is 29.6 Å². The van der Waals surface area contributed by atoms with Gasteiger partial charge in [-0.05, 0) is 31.4 Å². The van der Waals surface area contributed by atoms with Crippen LogP contribution in [0.4, 0.5) is 10.1 Å². The minimum absolute atomic E-state index is 0.136. The van der Waals surface area contributed by atoms with E-state index in [1.54, 1.807) is 12.1 Å². The van der Waals surface area contributed by atoms with E-state index in [2.05, 4.69) is 9.80 Å². The third-order valence-electron chi connectivity index (χ3n) is 4.98. The molecule has 2 aliphatic rings. The van der Waals surface area contributed by atoms with Gasteiger partial charge in [-0.2, -0.15) is 0 Å². The molecule has 1 aliphatic heterocycles. The molecule has 1 unspecified atom stereocenters. The summed E-state index contributed by atoms with van der Waals surface area (Å²) in [6, 6.07) is 5.88. The van der Waals surface area contributed by atoms with Crippen LogP contribution in [0, 0.1) is 5.82 Å². The van der Waals surface area contributed by atoms with E-state index >= 15 is 0 Å². The maximum absolute atomic E-state index is 14.3. The lowest BCUT2D eigenvalue weighted by Gasteiger charge is -2.40. The van der Waals surface area contributed by atoms with Gasteiger partial charge in [-0.3, -0.25) is 4.90 Å². The number of nitrogens with zero attached hydrogens (tertiary/aromatic N) is 2. The van der Waals surface area contributed by atoms with Crippen LogP contribution in [-0.2, 0) is 0 Å². The molecule has 1 saturated carbocycles. The molecule has 1 heterocycles. The lowest BCUT2D eigenvalue weighted by molar-refractivity contribution is 0.187. The van der Waals surface area contributed by atoms with E-state index in [9.17, 15) is 4.39 Å². The summed E-state index contributed by atoms with van der Waals surface area (Å²) in [6.45, 7) is 5.80. The van der Waals surface area contributed by atoms with Crippen molar-refractivity contribution in [2.24, 2.45) is 5.73 Å². The molecule has 2 fully saturated rings. The van der Waals surface area contributed by atoms with E-state index in [-0.39, 0.29) is 11.9 Å².